The molecule has 0 aliphatic carbocycles. The number of ketones is 1. The van der Waals surface area contributed by atoms with Gasteiger partial charge in [0, 0.05) is 18.5 Å². The van der Waals surface area contributed by atoms with Crippen LogP contribution in [0.25, 0.3) is 0 Å². The number of nitrogens with zero attached hydrogens (tertiary/aromatic N) is 1. The van der Waals surface area contributed by atoms with Crippen molar-refractivity contribution in [3.05, 3.63) is 58.9 Å². The average molecular weight is 313 g/mol. The highest BCUT2D eigenvalue weighted by Gasteiger charge is 2.16. The van der Waals surface area contributed by atoms with Crippen molar-refractivity contribution in [1.82, 2.24) is 4.98 Å². The molecule has 0 amide bonds. The van der Waals surface area contributed by atoms with Crippen LogP contribution in [0.5, 0.6) is 5.75 Å². The summed E-state index contributed by atoms with van der Waals surface area (Å²) in [6.07, 6.45) is 0.504. The van der Waals surface area contributed by atoms with Gasteiger partial charge in [-0.2, -0.15) is 0 Å². The van der Waals surface area contributed by atoms with E-state index in [2.05, 4.69) is 9.72 Å². The second-order valence-electron chi connectivity index (χ2n) is 5.27. The predicted octanol–water partition coefficient (Wildman–Crippen LogP) is 2.82. The van der Waals surface area contributed by atoms with Crippen molar-refractivity contribution in [2.24, 2.45) is 0 Å². The van der Waals surface area contributed by atoms with Gasteiger partial charge in [0.1, 0.15) is 11.4 Å². The molecule has 0 saturated carbocycles. The van der Waals surface area contributed by atoms with Crippen molar-refractivity contribution in [3.63, 3.8) is 0 Å². The van der Waals surface area contributed by atoms with Crippen LogP contribution in [0.15, 0.2) is 36.4 Å². The fourth-order valence-electron chi connectivity index (χ4n) is 2.24. The van der Waals surface area contributed by atoms with Crippen molar-refractivity contribution in [1.29, 1.82) is 0 Å². The lowest BCUT2D eigenvalue weighted by molar-refractivity contribution is -0.140. The van der Waals surface area contributed by atoms with Crippen LogP contribution in [-0.4, -0.2) is 29.0 Å². The molecule has 5 heteroatoms. The van der Waals surface area contributed by atoms with Crippen LogP contribution in [0.4, 0.5) is 0 Å². The first kappa shape index (κ1) is 16.7. The van der Waals surface area contributed by atoms with Crippen LogP contribution >= 0.6 is 0 Å². The van der Waals surface area contributed by atoms with Gasteiger partial charge in [-0.15, -0.1) is 0 Å². The molecule has 1 N–H and O–H groups in total. The molecule has 5 nitrogen and oxygen atoms in total. The van der Waals surface area contributed by atoms with E-state index in [0.717, 1.165) is 11.1 Å². The smallest absolute Gasteiger partial charge is 0.305 e. The summed E-state index contributed by atoms with van der Waals surface area (Å²) in [5, 5.41) is 9.85. The SMILES string of the molecule is COC(=O)CCC(=O)c1nc(Cc2ccccc2C)ccc1O. The second-order valence-corrected chi connectivity index (χ2v) is 5.27. The zero-order valence-electron chi connectivity index (χ0n) is 13.2. The molecule has 1 heterocycles. The van der Waals surface area contributed by atoms with E-state index >= 15 is 0 Å². The van der Waals surface area contributed by atoms with E-state index in [1.165, 1.54) is 13.2 Å². The summed E-state index contributed by atoms with van der Waals surface area (Å²) in [6.45, 7) is 2.01. The van der Waals surface area contributed by atoms with Gasteiger partial charge in [-0.25, -0.2) is 4.98 Å². The van der Waals surface area contributed by atoms with Crippen molar-refractivity contribution in [2.45, 2.75) is 26.2 Å². The van der Waals surface area contributed by atoms with E-state index in [0.29, 0.717) is 12.1 Å². The molecule has 120 valence electrons. The quantitative estimate of drug-likeness (QED) is 0.655. The highest BCUT2D eigenvalue weighted by molar-refractivity contribution is 5.98. The van der Waals surface area contributed by atoms with Crippen LogP contribution in [0.2, 0.25) is 0 Å². The van der Waals surface area contributed by atoms with Crippen LogP contribution in [-0.2, 0) is 16.0 Å². The zero-order chi connectivity index (χ0) is 16.8. The Labute approximate surface area is 134 Å². The summed E-state index contributed by atoms with van der Waals surface area (Å²) in [5.74, 6) is -1.01. The Balaban J connectivity index is 2.17. The normalized spacial score (nSPS) is 10.3. The molecule has 23 heavy (non-hydrogen) atoms. The Hall–Kier alpha value is -2.69. The molecule has 2 rings (SSSR count). The van der Waals surface area contributed by atoms with Crippen molar-refractivity contribution < 1.29 is 19.4 Å². The van der Waals surface area contributed by atoms with Crippen LogP contribution in [0.1, 0.15) is 40.2 Å². The molecule has 0 unspecified atom stereocenters. The first-order valence-corrected chi connectivity index (χ1v) is 7.34. The number of benzene rings is 1. The summed E-state index contributed by atoms with van der Waals surface area (Å²) in [5.41, 5.74) is 2.94. The fourth-order valence-corrected chi connectivity index (χ4v) is 2.24. The number of esters is 1. The molecule has 0 atom stereocenters. The van der Waals surface area contributed by atoms with Crippen LogP contribution in [0.3, 0.4) is 0 Å². The van der Waals surface area contributed by atoms with Gasteiger partial charge in [-0.05, 0) is 30.2 Å². The molecular weight excluding hydrogens is 294 g/mol. The van der Waals surface area contributed by atoms with E-state index in [-0.39, 0.29) is 30.1 Å². The maximum absolute atomic E-state index is 12.1. The standard InChI is InChI=1S/C18H19NO4/c1-12-5-3-4-6-13(12)11-14-7-8-15(20)18(19-14)16(21)9-10-17(22)23-2/h3-8,20H,9-11H2,1-2H3. The second kappa shape index (κ2) is 7.54. The monoisotopic (exact) mass is 313 g/mol. The zero-order valence-corrected chi connectivity index (χ0v) is 13.2. The predicted molar refractivity (Wildman–Crippen MR) is 85.5 cm³/mol. The summed E-state index contributed by atoms with van der Waals surface area (Å²) < 4.78 is 4.51. The summed E-state index contributed by atoms with van der Waals surface area (Å²) in [6, 6.07) is 11.1. The Bertz CT molecular complexity index is 725. The number of aryl methyl sites for hydroxylation is 1. The number of hydrogen-bond donors (Lipinski definition) is 1. The first-order valence-electron chi connectivity index (χ1n) is 7.34. The number of rotatable bonds is 6. The van der Waals surface area contributed by atoms with Crippen molar-refractivity contribution in [2.75, 3.05) is 7.11 Å². The van der Waals surface area contributed by atoms with Gasteiger partial charge in [0.15, 0.2) is 5.78 Å². The number of Topliss-reactive ketones (excluding diaryl/α,β-unsaturated/α-hetero) is 1. The minimum atomic E-state index is -0.464. The fraction of sp³-hybridized carbons (Fsp3) is 0.278. The van der Waals surface area contributed by atoms with Crippen molar-refractivity contribution in [3.8, 4) is 5.75 Å². The number of aromatic hydroxyl groups is 1. The average Bonchev–Trinajstić information content (AvgIpc) is 2.56. The minimum Gasteiger partial charge on any atom is -0.506 e. The van der Waals surface area contributed by atoms with Gasteiger partial charge in [-0.3, -0.25) is 9.59 Å². The third-order valence-corrected chi connectivity index (χ3v) is 3.61. The summed E-state index contributed by atoms with van der Waals surface area (Å²) >= 11 is 0. The number of ether oxygens (including phenoxy) is 1. The van der Waals surface area contributed by atoms with Gasteiger partial charge < -0.3 is 9.84 Å². The third-order valence-electron chi connectivity index (χ3n) is 3.61. The molecule has 2 aromatic rings. The molecule has 0 spiro atoms. The topological polar surface area (TPSA) is 76.5 Å². The molecule has 0 fully saturated rings. The number of pyridine rings is 1. The molecule has 0 bridgehead atoms. The number of carbonyl (C=O) groups is 2. The Kier molecular flexibility index (Phi) is 5.46. The largest absolute Gasteiger partial charge is 0.506 e. The molecule has 1 aromatic heterocycles. The maximum atomic E-state index is 12.1. The van der Waals surface area contributed by atoms with E-state index < -0.39 is 5.97 Å². The summed E-state index contributed by atoms with van der Waals surface area (Å²) in [7, 11) is 1.27. The Morgan fingerprint density at radius 2 is 1.87 bits per heavy atom. The highest BCUT2D eigenvalue weighted by Crippen LogP contribution is 2.20. The molecule has 1 aromatic carbocycles. The number of aromatic nitrogens is 1. The molecule has 0 aliphatic heterocycles. The number of carbonyl (C=O) groups excluding carboxylic acids is 2. The van der Waals surface area contributed by atoms with Gasteiger partial charge in [-0.1, -0.05) is 24.3 Å². The molecule has 0 radical (unpaired) electrons. The molecule has 0 aliphatic rings. The number of hydrogen-bond acceptors (Lipinski definition) is 5. The lowest BCUT2D eigenvalue weighted by Gasteiger charge is -2.08. The maximum Gasteiger partial charge on any atom is 0.305 e. The molecular formula is C18H19NO4. The van der Waals surface area contributed by atoms with Gasteiger partial charge in [0.25, 0.3) is 0 Å². The van der Waals surface area contributed by atoms with Gasteiger partial charge >= 0.3 is 5.97 Å². The van der Waals surface area contributed by atoms with Crippen molar-refractivity contribution >= 4 is 11.8 Å². The van der Waals surface area contributed by atoms with E-state index in [9.17, 15) is 14.7 Å². The number of methoxy groups -OCH3 is 1. The van der Waals surface area contributed by atoms with E-state index in [1.54, 1.807) is 6.07 Å². The first-order chi connectivity index (χ1) is 11.0. The molecule has 0 saturated heterocycles. The Morgan fingerprint density at radius 3 is 2.57 bits per heavy atom. The summed E-state index contributed by atoms with van der Waals surface area (Å²) in [4.78, 5) is 27.5. The minimum absolute atomic E-state index is 0.0000118. The highest BCUT2D eigenvalue weighted by atomic mass is 16.5. The lowest BCUT2D eigenvalue weighted by atomic mass is 10.0. The van der Waals surface area contributed by atoms with E-state index in [4.69, 9.17) is 0 Å². The Morgan fingerprint density at radius 1 is 1.13 bits per heavy atom. The van der Waals surface area contributed by atoms with Gasteiger partial charge in [0.2, 0.25) is 0 Å². The van der Waals surface area contributed by atoms with Gasteiger partial charge in [0.05, 0.1) is 13.5 Å². The van der Waals surface area contributed by atoms with Crippen LogP contribution in [0, 0.1) is 6.92 Å². The van der Waals surface area contributed by atoms with E-state index in [1.807, 2.05) is 31.2 Å². The third kappa shape index (κ3) is 4.39. The van der Waals surface area contributed by atoms with Crippen LogP contribution < -0.4 is 0 Å². The lowest BCUT2D eigenvalue weighted by Crippen LogP contribution is -2.09.